The Bertz CT molecular complexity index is 1800. The Labute approximate surface area is 556 Å². The van der Waals surface area contributed by atoms with E-state index in [2.05, 4.69) is 55.4 Å². The fourth-order valence-corrected chi connectivity index (χ4v) is 12.4. The van der Waals surface area contributed by atoms with Crippen molar-refractivity contribution in [2.75, 3.05) is 39.6 Å². The van der Waals surface area contributed by atoms with Crippen molar-refractivity contribution in [2.24, 2.45) is 23.7 Å². The number of phosphoric acid groups is 2. The third-order valence-corrected chi connectivity index (χ3v) is 18.8. The van der Waals surface area contributed by atoms with Crippen LogP contribution in [0, 0.1) is 23.7 Å². The van der Waals surface area contributed by atoms with E-state index in [0.29, 0.717) is 31.6 Å². The van der Waals surface area contributed by atoms with Crippen molar-refractivity contribution in [3.05, 3.63) is 0 Å². The molecular weight excluding hydrogens is 1200 g/mol. The molecule has 0 heterocycles. The molecule has 0 aliphatic rings. The van der Waals surface area contributed by atoms with Gasteiger partial charge in [-0.25, -0.2) is 9.13 Å². The number of aliphatic hydroxyl groups excluding tert-OH is 1. The van der Waals surface area contributed by atoms with E-state index in [0.717, 1.165) is 120 Å². The number of carbonyl (C=O) groups excluding carboxylic acids is 4. The van der Waals surface area contributed by atoms with Crippen molar-refractivity contribution in [1.29, 1.82) is 0 Å². The number of aliphatic hydroxyl groups is 1. The maximum atomic E-state index is 13.0. The molecule has 0 saturated carbocycles. The van der Waals surface area contributed by atoms with Crippen molar-refractivity contribution in [2.45, 2.75) is 375 Å². The smallest absolute Gasteiger partial charge is 0.462 e. The van der Waals surface area contributed by atoms with E-state index in [-0.39, 0.29) is 25.7 Å². The third kappa shape index (κ3) is 65.1. The van der Waals surface area contributed by atoms with Crippen LogP contribution in [-0.4, -0.2) is 96.7 Å². The molecule has 0 saturated heterocycles. The molecule has 0 aromatic rings. The zero-order valence-electron chi connectivity index (χ0n) is 59.5. The summed E-state index contributed by atoms with van der Waals surface area (Å²) >= 11 is 0. The molecule has 0 spiro atoms. The maximum Gasteiger partial charge on any atom is 0.472 e. The lowest BCUT2D eigenvalue weighted by atomic mass is 10.00. The van der Waals surface area contributed by atoms with E-state index in [9.17, 15) is 43.2 Å². The van der Waals surface area contributed by atoms with Crippen LogP contribution in [0.3, 0.4) is 0 Å². The normalized spacial score (nSPS) is 14.5. The van der Waals surface area contributed by atoms with Gasteiger partial charge < -0.3 is 33.8 Å². The van der Waals surface area contributed by atoms with Crippen LogP contribution < -0.4 is 0 Å². The van der Waals surface area contributed by atoms with Crippen LogP contribution in [0.5, 0.6) is 0 Å². The average molecular weight is 1340 g/mol. The Hall–Kier alpha value is -1.94. The largest absolute Gasteiger partial charge is 0.472 e. The summed E-state index contributed by atoms with van der Waals surface area (Å²) in [6, 6.07) is 0. The molecule has 4 unspecified atom stereocenters. The molecule has 0 aliphatic heterocycles. The zero-order chi connectivity index (χ0) is 67.5. The molecule has 17 nitrogen and oxygen atoms in total. The monoisotopic (exact) mass is 1340 g/mol. The summed E-state index contributed by atoms with van der Waals surface area (Å²) in [4.78, 5) is 72.6. The van der Waals surface area contributed by atoms with Crippen LogP contribution in [0.25, 0.3) is 0 Å². The molecule has 0 fully saturated rings. The first-order valence-electron chi connectivity index (χ1n) is 37.2. The van der Waals surface area contributed by atoms with Crippen LogP contribution in [0.4, 0.5) is 0 Å². The maximum absolute atomic E-state index is 13.0. The molecule has 3 N–H and O–H groups in total. The lowest BCUT2D eigenvalue weighted by Gasteiger charge is -2.21. The Morgan fingerprint density at radius 3 is 0.780 bits per heavy atom. The summed E-state index contributed by atoms with van der Waals surface area (Å²) in [5.74, 6) is 0.868. The standard InChI is InChI=1S/C72H140O17P2/c1-9-65(8)51-43-35-30-31-37-45-53-70(75)83-59-68(89-71(76)54-46-38-27-21-17-13-11-10-12-15-19-24-32-40-48-62(2)3)61-87-91(80,81)85-57-66(73)56-84-90(78,79)86-60-67(58-82-69(74)52-44-36-29-23-26-34-42-50-64(6)7)88-72(77)55-47-39-28-22-18-14-16-20-25-33-41-49-63(4)5/h62-68,73H,9-61H2,1-8H3,(H,78,79)(H,80,81)/t65?,66?,67-,68-/m1/s1. The van der Waals surface area contributed by atoms with Gasteiger partial charge in [0.2, 0.25) is 0 Å². The molecular formula is C72H140O17P2. The fourth-order valence-electron chi connectivity index (χ4n) is 10.8. The van der Waals surface area contributed by atoms with Crippen LogP contribution in [0.15, 0.2) is 0 Å². The number of carbonyl (C=O) groups is 4. The van der Waals surface area contributed by atoms with E-state index in [4.69, 9.17) is 37.0 Å². The van der Waals surface area contributed by atoms with Crippen molar-refractivity contribution < 1.29 is 80.2 Å². The Morgan fingerprint density at radius 1 is 0.308 bits per heavy atom. The van der Waals surface area contributed by atoms with Crippen LogP contribution in [0.2, 0.25) is 0 Å². The Kier molecular flexibility index (Phi) is 60.3. The van der Waals surface area contributed by atoms with Gasteiger partial charge in [-0.1, -0.05) is 306 Å². The van der Waals surface area contributed by atoms with Gasteiger partial charge >= 0.3 is 39.5 Å². The van der Waals surface area contributed by atoms with E-state index in [1.54, 1.807) is 0 Å². The van der Waals surface area contributed by atoms with Gasteiger partial charge in [-0.3, -0.25) is 37.3 Å². The second-order valence-corrected chi connectivity index (χ2v) is 30.6. The lowest BCUT2D eigenvalue weighted by molar-refractivity contribution is -0.161. The molecule has 0 aliphatic carbocycles. The first-order valence-corrected chi connectivity index (χ1v) is 40.2. The summed E-state index contributed by atoms with van der Waals surface area (Å²) < 4.78 is 68.3. The number of rotatable bonds is 69. The highest BCUT2D eigenvalue weighted by atomic mass is 31.2. The third-order valence-electron chi connectivity index (χ3n) is 16.9. The second kappa shape index (κ2) is 61.6. The van der Waals surface area contributed by atoms with Gasteiger partial charge in [0.1, 0.15) is 19.3 Å². The van der Waals surface area contributed by atoms with Crippen molar-refractivity contribution in [3.8, 4) is 0 Å². The number of hydrogen-bond acceptors (Lipinski definition) is 15. The van der Waals surface area contributed by atoms with Gasteiger partial charge in [0.15, 0.2) is 12.2 Å². The predicted octanol–water partition coefficient (Wildman–Crippen LogP) is 20.5. The minimum Gasteiger partial charge on any atom is -0.462 e. The predicted molar refractivity (Wildman–Crippen MR) is 367 cm³/mol. The highest BCUT2D eigenvalue weighted by molar-refractivity contribution is 7.47. The molecule has 0 aromatic carbocycles. The summed E-state index contributed by atoms with van der Waals surface area (Å²) in [7, 11) is -9.91. The van der Waals surface area contributed by atoms with Gasteiger partial charge in [-0.15, -0.1) is 0 Å². The number of esters is 4. The van der Waals surface area contributed by atoms with Gasteiger partial charge in [-0.05, 0) is 49.4 Å². The van der Waals surface area contributed by atoms with E-state index in [1.807, 2.05) is 0 Å². The zero-order valence-corrected chi connectivity index (χ0v) is 61.3. The molecule has 540 valence electrons. The van der Waals surface area contributed by atoms with E-state index < -0.39 is 97.5 Å². The van der Waals surface area contributed by atoms with Crippen molar-refractivity contribution in [3.63, 3.8) is 0 Å². The summed E-state index contributed by atoms with van der Waals surface area (Å²) in [5, 5.41) is 10.6. The van der Waals surface area contributed by atoms with Gasteiger partial charge in [0.05, 0.1) is 26.4 Å². The minimum absolute atomic E-state index is 0.105. The average Bonchev–Trinajstić information content (AvgIpc) is 3.67. The van der Waals surface area contributed by atoms with Gasteiger partial charge in [0, 0.05) is 25.7 Å². The fraction of sp³-hybridized carbons (Fsp3) is 0.944. The van der Waals surface area contributed by atoms with E-state index in [1.165, 1.54) is 148 Å². The molecule has 0 aromatic heterocycles. The number of phosphoric ester groups is 2. The first kappa shape index (κ1) is 89.1. The summed E-state index contributed by atoms with van der Waals surface area (Å²) in [6.07, 6.45) is 44.5. The molecule has 0 radical (unpaired) electrons. The summed E-state index contributed by atoms with van der Waals surface area (Å²) in [5.41, 5.74) is 0. The lowest BCUT2D eigenvalue weighted by Crippen LogP contribution is -2.30. The Morgan fingerprint density at radius 2 is 0.527 bits per heavy atom. The van der Waals surface area contributed by atoms with Gasteiger partial charge in [0.25, 0.3) is 0 Å². The molecule has 0 rings (SSSR count). The number of hydrogen-bond donors (Lipinski definition) is 3. The van der Waals surface area contributed by atoms with Crippen molar-refractivity contribution in [1.82, 2.24) is 0 Å². The highest BCUT2D eigenvalue weighted by Crippen LogP contribution is 2.45. The second-order valence-electron chi connectivity index (χ2n) is 27.6. The molecule has 6 atom stereocenters. The van der Waals surface area contributed by atoms with Crippen LogP contribution in [0.1, 0.15) is 357 Å². The topological polar surface area (TPSA) is 237 Å². The number of unbranched alkanes of at least 4 members (excludes halogenated alkanes) is 34. The van der Waals surface area contributed by atoms with Crippen molar-refractivity contribution >= 4 is 39.5 Å². The quantitative estimate of drug-likeness (QED) is 0.0222. The Balaban J connectivity index is 5.24. The summed E-state index contributed by atoms with van der Waals surface area (Å²) in [6.45, 7) is 14.1. The number of ether oxygens (including phenoxy) is 4. The molecule has 19 heteroatoms. The highest BCUT2D eigenvalue weighted by Gasteiger charge is 2.30. The SMILES string of the molecule is CCC(C)CCCCCCCCC(=O)OC[C@H](COP(=O)(O)OCC(O)COP(=O)(O)OC[C@@H](COC(=O)CCCCCCCCCC(C)C)OC(=O)CCCCCCCCCCCCCC(C)C)OC(=O)CCCCCCCCCCCCCCCCC(C)C. The minimum atomic E-state index is -4.95. The van der Waals surface area contributed by atoms with Gasteiger partial charge in [-0.2, -0.15) is 0 Å². The molecule has 0 amide bonds. The first-order chi connectivity index (χ1) is 43.6. The molecule has 0 bridgehead atoms. The van der Waals surface area contributed by atoms with E-state index >= 15 is 0 Å². The molecule has 91 heavy (non-hydrogen) atoms. The van der Waals surface area contributed by atoms with Crippen LogP contribution >= 0.6 is 15.6 Å². The van der Waals surface area contributed by atoms with Crippen LogP contribution in [-0.2, 0) is 65.4 Å².